The molecule has 0 aliphatic carbocycles. The maximum atomic E-state index is 13.6. The molecule has 2 rings (SSSR count). The van der Waals surface area contributed by atoms with Crippen molar-refractivity contribution in [2.24, 2.45) is 0 Å². The van der Waals surface area contributed by atoms with Crippen LogP contribution in [0.15, 0.2) is 18.2 Å². The highest BCUT2D eigenvalue weighted by atomic mass is 19.1. The average Bonchev–Trinajstić information content (AvgIpc) is 2.55. The Labute approximate surface area is 129 Å². The van der Waals surface area contributed by atoms with E-state index in [4.69, 9.17) is 18.9 Å². The molecule has 22 heavy (non-hydrogen) atoms. The number of hydrogen-bond acceptors (Lipinski definition) is 5. The third-order valence-corrected chi connectivity index (χ3v) is 3.55. The first-order valence-electron chi connectivity index (χ1n) is 7.50. The molecular weight excluding hydrogens is 291 g/mol. The van der Waals surface area contributed by atoms with Crippen molar-refractivity contribution in [3.05, 3.63) is 29.6 Å². The van der Waals surface area contributed by atoms with Crippen LogP contribution in [0.2, 0.25) is 0 Å². The van der Waals surface area contributed by atoms with Gasteiger partial charge in [-0.05, 0) is 31.0 Å². The summed E-state index contributed by atoms with van der Waals surface area (Å²) in [5.74, 6) is 0.118. The summed E-state index contributed by atoms with van der Waals surface area (Å²) in [5.41, 5.74) is 0.519. The van der Waals surface area contributed by atoms with Gasteiger partial charge in [0.2, 0.25) is 0 Å². The highest BCUT2D eigenvalue weighted by Crippen LogP contribution is 2.31. The highest BCUT2D eigenvalue weighted by Gasteiger charge is 2.23. The molecule has 6 heteroatoms. The molecule has 0 aromatic heterocycles. The number of benzene rings is 1. The van der Waals surface area contributed by atoms with Gasteiger partial charge in [0.1, 0.15) is 24.3 Å². The van der Waals surface area contributed by atoms with Crippen LogP contribution >= 0.6 is 0 Å². The van der Waals surface area contributed by atoms with Gasteiger partial charge in [-0.1, -0.05) is 0 Å². The van der Waals surface area contributed by atoms with Gasteiger partial charge in [-0.15, -0.1) is 0 Å². The van der Waals surface area contributed by atoms with E-state index >= 15 is 0 Å². The molecule has 5 nitrogen and oxygen atoms in total. The lowest BCUT2D eigenvalue weighted by Gasteiger charge is -2.28. The number of aliphatic hydroxyl groups excluding tert-OH is 1. The van der Waals surface area contributed by atoms with Crippen LogP contribution in [0.5, 0.6) is 5.75 Å². The van der Waals surface area contributed by atoms with Crippen molar-refractivity contribution in [1.29, 1.82) is 0 Å². The van der Waals surface area contributed by atoms with E-state index in [1.807, 2.05) is 0 Å². The fraction of sp³-hybridized carbons (Fsp3) is 0.625. The molecule has 0 bridgehead atoms. The molecular formula is C16H23FO5. The van der Waals surface area contributed by atoms with Crippen molar-refractivity contribution >= 4 is 0 Å². The van der Waals surface area contributed by atoms with E-state index in [9.17, 15) is 9.50 Å². The topological polar surface area (TPSA) is 57.2 Å². The van der Waals surface area contributed by atoms with Crippen LogP contribution in [0.4, 0.5) is 4.39 Å². The second kappa shape index (κ2) is 9.05. The Bertz CT molecular complexity index is 448. The van der Waals surface area contributed by atoms with E-state index in [0.717, 1.165) is 12.8 Å². The van der Waals surface area contributed by atoms with Crippen LogP contribution in [0.1, 0.15) is 24.5 Å². The molecule has 1 aromatic carbocycles. The predicted molar refractivity (Wildman–Crippen MR) is 78.5 cm³/mol. The normalized spacial score (nSPS) is 17.4. The Morgan fingerprint density at radius 2 is 2.09 bits per heavy atom. The van der Waals surface area contributed by atoms with E-state index in [2.05, 4.69) is 0 Å². The van der Waals surface area contributed by atoms with E-state index < -0.39 is 6.10 Å². The minimum atomic E-state index is -0.614. The van der Waals surface area contributed by atoms with E-state index in [-0.39, 0.29) is 18.5 Å². The molecule has 1 aliphatic heterocycles. The van der Waals surface area contributed by atoms with Crippen LogP contribution < -0.4 is 4.74 Å². The monoisotopic (exact) mass is 314 g/mol. The van der Waals surface area contributed by atoms with Gasteiger partial charge in [0.05, 0.1) is 19.3 Å². The molecule has 1 heterocycles. The van der Waals surface area contributed by atoms with Gasteiger partial charge in [0.15, 0.2) is 0 Å². The van der Waals surface area contributed by atoms with Gasteiger partial charge < -0.3 is 24.1 Å². The molecule has 1 atom stereocenters. The Balaban J connectivity index is 2.09. The number of hydrogen-bond donors (Lipinski definition) is 1. The minimum Gasteiger partial charge on any atom is -0.491 e. The first kappa shape index (κ1) is 17.1. The molecule has 124 valence electrons. The molecule has 1 aliphatic rings. The summed E-state index contributed by atoms with van der Waals surface area (Å²) >= 11 is 0. The van der Waals surface area contributed by atoms with Crippen LogP contribution in [0, 0.1) is 5.82 Å². The van der Waals surface area contributed by atoms with Crippen LogP contribution in [-0.4, -0.2) is 51.4 Å². The zero-order valence-corrected chi connectivity index (χ0v) is 12.8. The number of methoxy groups -OCH3 is 1. The van der Waals surface area contributed by atoms with Crippen molar-refractivity contribution in [2.75, 3.05) is 40.1 Å². The Kier molecular flexibility index (Phi) is 7.05. The largest absolute Gasteiger partial charge is 0.491 e. The van der Waals surface area contributed by atoms with Crippen molar-refractivity contribution < 1.29 is 28.4 Å². The second-order valence-corrected chi connectivity index (χ2v) is 5.14. The molecule has 0 saturated carbocycles. The van der Waals surface area contributed by atoms with Gasteiger partial charge >= 0.3 is 0 Å². The summed E-state index contributed by atoms with van der Waals surface area (Å²) in [6.07, 6.45) is 0.925. The Hall–Kier alpha value is -1.21. The molecule has 1 unspecified atom stereocenters. The predicted octanol–water partition coefficient (Wildman–Crippen LogP) is 2.08. The van der Waals surface area contributed by atoms with E-state index in [0.29, 0.717) is 37.7 Å². The maximum Gasteiger partial charge on any atom is 0.125 e. The fourth-order valence-electron chi connectivity index (χ4n) is 2.40. The lowest BCUT2D eigenvalue weighted by atomic mass is 10.1. The van der Waals surface area contributed by atoms with Gasteiger partial charge in [-0.2, -0.15) is 0 Å². The highest BCUT2D eigenvalue weighted by molar-refractivity contribution is 5.36. The average molecular weight is 314 g/mol. The van der Waals surface area contributed by atoms with Crippen molar-refractivity contribution in [1.82, 2.24) is 0 Å². The van der Waals surface area contributed by atoms with Gasteiger partial charge in [-0.3, -0.25) is 0 Å². The van der Waals surface area contributed by atoms with Crippen molar-refractivity contribution in [2.45, 2.75) is 25.0 Å². The van der Waals surface area contributed by atoms with Crippen LogP contribution in [0.3, 0.4) is 0 Å². The Morgan fingerprint density at radius 3 is 2.77 bits per heavy atom. The standard InChI is InChI=1S/C16H23FO5/c1-19-8-9-21-15-3-2-12(17)10-14(15)16(11-18)22-13-4-6-20-7-5-13/h2-3,10,13,16,18H,4-9,11H2,1H3. The van der Waals surface area contributed by atoms with Crippen LogP contribution in [0.25, 0.3) is 0 Å². The summed E-state index contributed by atoms with van der Waals surface area (Å²) in [6, 6.07) is 4.23. The minimum absolute atomic E-state index is 0.000919. The van der Waals surface area contributed by atoms with Gasteiger partial charge in [0.25, 0.3) is 0 Å². The molecule has 1 saturated heterocycles. The first-order chi connectivity index (χ1) is 10.7. The van der Waals surface area contributed by atoms with E-state index in [1.165, 1.54) is 12.1 Å². The lowest BCUT2D eigenvalue weighted by Crippen LogP contribution is -2.26. The molecule has 0 spiro atoms. The summed E-state index contributed by atoms with van der Waals surface area (Å²) in [6.45, 7) is 1.83. The van der Waals surface area contributed by atoms with Crippen molar-refractivity contribution in [3.8, 4) is 5.75 Å². The van der Waals surface area contributed by atoms with Gasteiger partial charge in [0, 0.05) is 25.9 Å². The Morgan fingerprint density at radius 1 is 1.32 bits per heavy atom. The van der Waals surface area contributed by atoms with Crippen molar-refractivity contribution in [3.63, 3.8) is 0 Å². The summed E-state index contributed by atoms with van der Waals surface area (Å²) < 4.78 is 35.3. The lowest BCUT2D eigenvalue weighted by molar-refractivity contribution is -0.0856. The molecule has 1 aromatic rings. The second-order valence-electron chi connectivity index (χ2n) is 5.14. The number of halogens is 1. The summed E-state index contributed by atoms with van der Waals surface area (Å²) in [5, 5.41) is 9.64. The SMILES string of the molecule is COCCOc1ccc(F)cc1C(CO)OC1CCOCC1. The zero-order valence-electron chi connectivity index (χ0n) is 12.8. The third kappa shape index (κ3) is 4.91. The quantitative estimate of drug-likeness (QED) is 0.745. The fourth-order valence-corrected chi connectivity index (χ4v) is 2.40. The summed E-state index contributed by atoms with van der Waals surface area (Å²) in [4.78, 5) is 0. The van der Waals surface area contributed by atoms with Gasteiger partial charge in [-0.25, -0.2) is 4.39 Å². The smallest absolute Gasteiger partial charge is 0.125 e. The van der Waals surface area contributed by atoms with Crippen LogP contribution in [-0.2, 0) is 14.2 Å². The number of rotatable bonds is 8. The number of aliphatic hydroxyl groups is 1. The molecule has 1 N–H and O–H groups in total. The molecule has 0 amide bonds. The van der Waals surface area contributed by atoms with E-state index in [1.54, 1.807) is 13.2 Å². The number of ether oxygens (including phenoxy) is 4. The molecule has 0 radical (unpaired) electrons. The maximum absolute atomic E-state index is 13.6. The zero-order chi connectivity index (χ0) is 15.8. The first-order valence-corrected chi connectivity index (χ1v) is 7.50. The molecule has 1 fully saturated rings. The third-order valence-electron chi connectivity index (χ3n) is 3.55. The summed E-state index contributed by atoms with van der Waals surface area (Å²) in [7, 11) is 1.58.